The molecule has 1 heterocycles. The molecular formula is C22H17F2NO3. The van der Waals surface area contributed by atoms with Gasteiger partial charge in [-0.1, -0.05) is 24.3 Å². The molecule has 4 rings (SSSR count). The van der Waals surface area contributed by atoms with E-state index in [2.05, 4.69) is 0 Å². The topological polar surface area (TPSA) is 49.8 Å². The zero-order valence-corrected chi connectivity index (χ0v) is 15.2. The molecule has 0 saturated carbocycles. The Hall–Kier alpha value is -3.41. The summed E-state index contributed by atoms with van der Waals surface area (Å²) in [4.78, 5) is 14.1. The number of para-hydroxylation sites is 1. The summed E-state index contributed by atoms with van der Waals surface area (Å²) in [6.07, 6.45) is 0. The maximum atomic E-state index is 14.6. The van der Waals surface area contributed by atoms with Gasteiger partial charge in [0.05, 0.1) is 12.7 Å². The van der Waals surface area contributed by atoms with Crippen LogP contribution in [0.25, 0.3) is 11.1 Å². The minimum Gasteiger partial charge on any atom is -0.497 e. The molecule has 1 unspecified atom stereocenters. The van der Waals surface area contributed by atoms with Crippen molar-refractivity contribution in [2.45, 2.75) is 5.92 Å². The summed E-state index contributed by atoms with van der Waals surface area (Å²) in [6.45, 7) is 0. The first-order valence-electron chi connectivity index (χ1n) is 8.65. The third-order valence-corrected chi connectivity index (χ3v) is 5.11. The summed E-state index contributed by atoms with van der Waals surface area (Å²) in [5.41, 5.74) is 2.04. The Morgan fingerprint density at radius 1 is 1.04 bits per heavy atom. The van der Waals surface area contributed by atoms with Crippen molar-refractivity contribution in [3.63, 3.8) is 0 Å². The van der Waals surface area contributed by atoms with Crippen molar-refractivity contribution in [3.05, 3.63) is 77.4 Å². The number of ether oxygens (including phenoxy) is 1. The monoisotopic (exact) mass is 381 g/mol. The lowest BCUT2D eigenvalue weighted by atomic mass is 9.80. The number of methoxy groups -OCH3 is 1. The average Bonchev–Trinajstić information content (AvgIpc) is 2.68. The molecule has 0 aliphatic carbocycles. The van der Waals surface area contributed by atoms with Crippen molar-refractivity contribution >= 4 is 17.3 Å². The van der Waals surface area contributed by atoms with Gasteiger partial charge in [0.2, 0.25) is 0 Å². The fourth-order valence-corrected chi connectivity index (χ4v) is 3.85. The number of halogens is 2. The normalized spacial score (nSPS) is 15.0. The summed E-state index contributed by atoms with van der Waals surface area (Å²) in [7, 11) is 3.24. The number of hydrogen-bond donors (Lipinski definition) is 1. The Labute approximate surface area is 160 Å². The van der Waals surface area contributed by atoms with Gasteiger partial charge in [-0.15, -0.1) is 0 Å². The minimum absolute atomic E-state index is 0.165. The second-order valence-electron chi connectivity index (χ2n) is 6.59. The van der Waals surface area contributed by atoms with Crippen LogP contribution in [0.2, 0.25) is 0 Å². The van der Waals surface area contributed by atoms with Crippen LogP contribution in [0.3, 0.4) is 0 Å². The summed E-state index contributed by atoms with van der Waals surface area (Å²) in [5, 5.41) is 10.0. The molecule has 3 aromatic rings. The average molecular weight is 381 g/mol. The van der Waals surface area contributed by atoms with Gasteiger partial charge < -0.3 is 14.7 Å². The highest BCUT2D eigenvalue weighted by atomic mass is 19.1. The van der Waals surface area contributed by atoms with E-state index >= 15 is 0 Å². The minimum atomic E-state index is -1.09. The number of carboxylic acid groups (broad SMARTS) is 1. The zero-order valence-electron chi connectivity index (χ0n) is 15.2. The first-order chi connectivity index (χ1) is 13.4. The molecule has 142 valence electrons. The van der Waals surface area contributed by atoms with Crippen molar-refractivity contribution in [2.24, 2.45) is 0 Å². The van der Waals surface area contributed by atoms with Crippen molar-refractivity contribution in [2.75, 3.05) is 19.1 Å². The maximum absolute atomic E-state index is 14.6. The lowest BCUT2D eigenvalue weighted by Gasteiger charge is -2.35. The Bertz CT molecular complexity index is 1080. The van der Waals surface area contributed by atoms with Gasteiger partial charge in [0.1, 0.15) is 23.3 Å². The first kappa shape index (κ1) is 18.0. The molecule has 0 bridgehead atoms. The van der Waals surface area contributed by atoms with Crippen LogP contribution in [-0.4, -0.2) is 25.2 Å². The fourth-order valence-electron chi connectivity index (χ4n) is 3.85. The van der Waals surface area contributed by atoms with E-state index in [1.165, 1.54) is 19.2 Å². The van der Waals surface area contributed by atoms with E-state index < -0.39 is 23.5 Å². The van der Waals surface area contributed by atoms with E-state index in [4.69, 9.17) is 4.74 Å². The van der Waals surface area contributed by atoms with Gasteiger partial charge in [-0.05, 0) is 35.4 Å². The number of carboxylic acids is 1. The van der Waals surface area contributed by atoms with Crippen LogP contribution < -0.4 is 9.64 Å². The molecule has 1 aliphatic heterocycles. The molecule has 1 atom stereocenters. The smallest absolute Gasteiger partial charge is 0.315 e. The molecule has 3 aromatic carbocycles. The van der Waals surface area contributed by atoms with E-state index in [0.29, 0.717) is 22.6 Å². The summed E-state index contributed by atoms with van der Waals surface area (Å²) >= 11 is 0. The van der Waals surface area contributed by atoms with Gasteiger partial charge >= 0.3 is 5.97 Å². The number of rotatable bonds is 3. The number of benzene rings is 3. The highest BCUT2D eigenvalue weighted by Crippen LogP contribution is 2.50. The van der Waals surface area contributed by atoms with E-state index in [1.807, 2.05) is 17.0 Å². The quantitative estimate of drug-likeness (QED) is 0.698. The highest BCUT2D eigenvalue weighted by molar-refractivity contribution is 5.95. The molecule has 6 heteroatoms. The van der Waals surface area contributed by atoms with Gasteiger partial charge in [0.25, 0.3) is 0 Å². The lowest BCUT2D eigenvalue weighted by molar-refractivity contribution is -0.137. The fraction of sp³-hybridized carbons (Fsp3) is 0.136. The Kier molecular flexibility index (Phi) is 4.26. The number of carbonyl (C=O) groups is 1. The lowest BCUT2D eigenvalue weighted by Crippen LogP contribution is -2.26. The molecule has 1 N–H and O–H groups in total. The molecular weight excluding hydrogens is 364 g/mol. The van der Waals surface area contributed by atoms with Crippen LogP contribution in [-0.2, 0) is 4.79 Å². The van der Waals surface area contributed by atoms with Crippen molar-refractivity contribution in [1.29, 1.82) is 0 Å². The van der Waals surface area contributed by atoms with Crippen LogP contribution in [0.5, 0.6) is 5.75 Å². The van der Waals surface area contributed by atoms with Gasteiger partial charge in [-0.3, -0.25) is 4.79 Å². The maximum Gasteiger partial charge on any atom is 0.315 e. The molecule has 28 heavy (non-hydrogen) atoms. The molecule has 0 spiro atoms. The Morgan fingerprint density at radius 2 is 1.71 bits per heavy atom. The summed E-state index contributed by atoms with van der Waals surface area (Å²) < 4.78 is 34.6. The predicted octanol–water partition coefficient (Wildman–Crippen LogP) is 4.94. The SMILES string of the molecule is COc1cc(-c2c(F)cccc2F)c2c(c1)N(C)c1ccccc1C2C(=O)O. The van der Waals surface area contributed by atoms with E-state index in [0.717, 1.165) is 17.8 Å². The first-order valence-corrected chi connectivity index (χ1v) is 8.65. The predicted molar refractivity (Wildman–Crippen MR) is 102 cm³/mol. The van der Waals surface area contributed by atoms with Crippen molar-refractivity contribution in [1.82, 2.24) is 0 Å². The molecule has 0 fully saturated rings. The van der Waals surface area contributed by atoms with Crippen LogP contribution >= 0.6 is 0 Å². The third-order valence-electron chi connectivity index (χ3n) is 5.11. The van der Waals surface area contributed by atoms with Crippen LogP contribution in [0, 0.1) is 11.6 Å². The molecule has 1 aliphatic rings. The molecule has 0 saturated heterocycles. The van der Waals surface area contributed by atoms with Crippen molar-refractivity contribution in [3.8, 4) is 16.9 Å². The Balaban J connectivity index is 2.12. The van der Waals surface area contributed by atoms with E-state index in [9.17, 15) is 18.7 Å². The highest BCUT2D eigenvalue weighted by Gasteiger charge is 2.37. The van der Waals surface area contributed by atoms with Gasteiger partial charge in [-0.2, -0.15) is 0 Å². The summed E-state index contributed by atoms with van der Waals surface area (Å²) in [6, 6.07) is 13.9. The van der Waals surface area contributed by atoms with Crippen LogP contribution in [0.15, 0.2) is 54.6 Å². The number of hydrogen-bond acceptors (Lipinski definition) is 3. The standard InChI is InChI=1S/C22H17F2NO3/c1-25-17-9-4-3-6-13(17)21(22(26)27)20-14(10-12(28-2)11-18(20)25)19-15(23)7-5-8-16(19)24/h3-11,21H,1-2H3,(H,26,27). The van der Waals surface area contributed by atoms with Gasteiger partial charge in [-0.25, -0.2) is 8.78 Å². The van der Waals surface area contributed by atoms with Crippen LogP contribution in [0.1, 0.15) is 17.0 Å². The number of nitrogens with zero attached hydrogens (tertiary/aromatic N) is 1. The zero-order chi connectivity index (χ0) is 20.0. The molecule has 4 nitrogen and oxygen atoms in total. The number of anilines is 2. The molecule has 0 radical (unpaired) electrons. The second kappa shape index (κ2) is 6.64. The van der Waals surface area contributed by atoms with Gasteiger partial charge in [0.15, 0.2) is 0 Å². The van der Waals surface area contributed by atoms with Crippen molar-refractivity contribution < 1.29 is 23.4 Å². The van der Waals surface area contributed by atoms with Crippen LogP contribution in [0.4, 0.5) is 20.2 Å². The van der Waals surface area contributed by atoms with E-state index in [-0.39, 0.29) is 11.1 Å². The molecule has 0 amide bonds. The second-order valence-corrected chi connectivity index (χ2v) is 6.59. The summed E-state index contributed by atoms with van der Waals surface area (Å²) in [5.74, 6) is -3.30. The number of aliphatic carboxylic acids is 1. The largest absolute Gasteiger partial charge is 0.497 e. The third kappa shape index (κ3) is 2.60. The van der Waals surface area contributed by atoms with E-state index in [1.54, 1.807) is 25.2 Å². The number of fused-ring (bicyclic) bond motifs is 2. The van der Waals surface area contributed by atoms with Gasteiger partial charge in [0, 0.05) is 30.1 Å². The Morgan fingerprint density at radius 3 is 2.36 bits per heavy atom. The molecule has 0 aromatic heterocycles.